The highest BCUT2D eigenvalue weighted by molar-refractivity contribution is 6.06. The molecule has 2 aromatic heterocycles. The number of amides is 2. The lowest BCUT2D eigenvalue weighted by Crippen LogP contribution is -2.39. The standard InChI is InChI=1S/C24H26FN3O4.C23H24FN3O4/c1-10-9-15(32-12(10)3)22(24(4,5)6)28-19-18(20(29)21(19)30)27-17-14(25)8-7-13-11(2)26-23(31)16(13)17;1-10-6-9-14(31-10)21(23(3,4)5)27-18-17(19(28)20(18)29)26-16-13(24)8-7-12-11(2)25-22(30)15(12)16/h7-9,11,22,27-28H,1-6H3,(H,26,31);6-9,11,21,26-27H,1-5H3,(H,25,30)/t11-,22+;11-,21+/m11/s1. The Kier molecular flexibility index (Phi) is 11.1. The van der Waals surface area contributed by atoms with E-state index in [2.05, 4.69) is 31.9 Å². The van der Waals surface area contributed by atoms with Crippen molar-refractivity contribution in [2.45, 2.75) is 100 Å². The van der Waals surface area contributed by atoms with Crippen LogP contribution in [0.2, 0.25) is 0 Å². The first kappa shape index (κ1) is 44.2. The third-order valence-corrected chi connectivity index (χ3v) is 11.6. The van der Waals surface area contributed by atoms with Crippen molar-refractivity contribution in [2.75, 3.05) is 21.3 Å². The highest BCUT2D eigenvalue weighted by Gasteiger charge is 2.37. The van der Waals surface area contributed by atoms with Crippen molar-refractivity contribution in [3.63, 3.8) is 0 Å². The average molecular weight is 865 g/mol. The van der Waals surface area contributed by atoms with Gasteiger partial charge in [-0.2, -0.15) is 0 Å². The second kappa shape index (κ2) is 15.8. The molecule has 0 radical (unpaired) electrons. The van der Waals surface area contributed by atoms with E-state index in [1.165, 1.54) is 24.3 Å². The van der Waals surface area contributed by atoms with E-state index in [4.69, 9.17) is 8.83 Å². The van der Waals surface area contributed by atoms with E-state index in [0.717, 1.165) is 17.1 Å². The van der Waals surface area contributed by atoms with Gasteiger partial charge >= 0.3 is 0 Å². The summed E-state index contributed by atoms with van der Waals surface area (Å²) in [4.78, 5) is 74.3. The van der Waals surface area contributed by atoms with E-state index in [9.17, 15) is 37.5 Å². The van der Waals surface area contributed by atoms with Gasteiger partial charge in [0.2, 0.25) is 0 Å². The second-order valence-electron chi connectivity index (χ2n) is 18.5. The fourth-order valence-corrected chi connectivity index (χ4v) is 7.95. The minimum atomic E-state index is -0.769. The normalized spacial score (nSPS) is 16.8. The van der Waals surface area contributed by atoms with Crippen LogP contribution in [0.3, 0.4) is 0 Å². The molecule has 63 heavy (non-hydrogen) atoms. The number of aryl methyl sites for hydroxylation is 3. The number of rotatable bonds is 10. The molecule has 0 aliphatic carbocycles. The molecule has 6 N–H and O–H groups in total. The summed E-state index contributed by atoms with van der Waals surface area (Å²) < 4.78 is 41.0. The minimum Gasteiger partial charge on any atom is -0.464 e. The number of hydrogen-bond acceptors (Lipinski definition) is 12. The number of nitrogens with one attached hydrogen (secondary N) is 6. The van der Waals surface area contributed by atoms with E-state index in [1.54, 1.807) is 13.8 Å². The molecule has 2 aliphatic rings. The number of furan rings is 2. The lowest BCUT2D eigenvalue weighted by molar-refractivity contribution is 0.0950. The zero-order valence-corrected chi connectivity index (χ0v) is 36.9. The fourth-order valence-electron chi connectivity index (χ4n) is 7.95. The third-order valence-electron chi connectivity index (χ3n) is 11.6. The zero-order valence-electron chi connectivity index (χ0n) is 36.9. The van der Waals surface area contributed by atoms with Gasteiger partial charge in [-0.3, -0.25) is 28.8 Å². The van der Waals surface area contributed by atoms with Crippen LogP contribution < -0.4 is 53.6 Å². The minimum absolute atomic E-state index is 0.0439. The Balaban J connectivity index is 0.000000189. The summed E-state index contributed by atoms with van der Waals surface area (Å²) in [7, 11) is 0. The zero-order chi connectivity index (χ0) is 46.2. The van der Waals surface area contributed by atoms with Gasteiger partial charge in [0.15, 0.2) is 0 Å². The van der Waals surface area contributed by atoms with E-state index in [-0.39, 0.29) is 68.2 Å². The number of fused-ring (bicyclic) bond motifs is 2. The molecule has 0 unspecified atom stereocenters. The molecule has 16 heteroatoms. The Labute approximate surface area is 361 Å². The van der Waals surface area contributed by atoms with Crippen molar-refractivity contribution in [2.24, 2.45) is 10.8 Å². The third kappa shape index (κ3) is 7.93. The molecule has 0 bridgehead atoms. The Morgan fingerprint density at radius 3 is 1.33 bits per heavy atom. The molecule has 14 nitrogen and oxygen atoms in total. The molecule has 0 spiro atoms. The van der Waals surface area contributed by atoms with Crippen LogP contribution in [0.15, 0.2) is 70.5 Å². The predicted molar refractivity (Wildman–Crippen MR) is 237 cm³/mol. The van der Waals surface area contributed by atoms with Gasteiger partial charge in [-0.1, -0.05) is 53.7 Å². The molecule has 2 aliphatic heterocycles. The van der Waals surface area contributed by atoms with Crippen LogP contribution in [0.25, 0.3) is 0 Å². The average Bonchev–Trinajstić information content (AvgIpc) is 3.94. The molecule has 0 fully saturated rings. The maximum Gasteiger partial charge on any atom is 0.254 e. The Morgan fingerprint density at radius 1 is 0.556 bits per heavy atom. The van der Waals surface area contributed by atoms with Gasteiger partial charge in [0.1, 0.15) is 57.4 Å². The molecule has 8 rings (SSSR count). The maximum absolute atomic E-state index is 14.7. The largest absolute Gasteiger partial charge is 0.464 e. The van der Waals surface area contributed by atoms with E-state index in [0.29, 0.717) is 22.6 Å². The van der Waals surface area contributed by atoms with Crippen LogP contribution in [0.4, 0.5) is 42.9 Å². The smallest absolute Gasteiger partial charge is 0.254 e. The van der Waals surface area contributed by atoms with Crippen molar-refractivity contribution >= 4 is 45.9 Å². The molecule has 4 atom stereocenters. The second-order valence-corrected chi connectivity index (χ2v) is 18.5. The monoisotopic (exact) mass is 864 g/mol. The molecule has 6 aromatic rings. The summed E-state index contributed by atoms with van der Waals surface area (Å²) in [5.74, 6) is 0.495. The van der Waals surface area contributed by atoms with Crippen LogP contribution in [0, 0.1) is 43.2 Å². The van der Waals surface area contributed by atoms with Crippen LogP contribution in [-0.4, -0.2) is 11.8 Å². The summed E-state index contributed by atoms with van der Waals surface area (Å²) in [5, 5.41) is 17.2. The number of halogens is 2. The van der Waals surface area contributed by atoms with Crippen molar-refractivity contribution in [1.82, 2.24) is 10.6 Å². The molecular formula is C47H50F2N6O8. The Bertz CT molecular complexity index is 2950. The molecule has 0 saturated heterocycles. The van der Waals surface area contributed by atoms with Crippen LogP contribution in [-0.2, 0) is 0 Å². The molecule has 2 amide bonds. The Hall–Kier alpha value is -6.84. The van der Waals surface area contributed by atoms with Gasteiger partial charge in [0.05, 0.1) is 46.7 Å². The quantitative estimate of drug-likeness (QED) is 0.0719. The van der Waals surface area contributed by atoms with Gasteiger partial charge in [0.25, 0.3) is 33.5 Å². The van der Waals surface area contributed by atoms with E-state index < -0.39 is 57.2 Å². The van der Waals surface area contributed by atoms with Gasteiger partial charge in [-0.15, -0.1) is 0 Å². The fraction of sp³-hybridized carbons (Fsp3) is 0.362. The van der Waals surface area contributed by atoms with E-state index >= 15 is 0 Å². The summed E-state index contributed by atoms with van der Waals surface area (Å²) in [6.07, 6.45) is 0. The van der Waals surface area contributed by atoms with Gasteiger partial charge in [0, 0.05) is 0 Å². The van der Waals surface area contributed by atoms with Gasteiger partial charge in [-0.25, -0.2) is 8.78 Å². The predicted octanol–water partition coefficient (Wildman–Crippen LogP) is 8.45. The van der Waals surface area contributed by atoms with Gasteiger partial charge in [-0.05, 0) is 92.5 Å². The maximum atomic E-state index is 14.7. The Morgan fingerprint density at radius 2 is 0.968 bits per heavy atom. The van der Waals surface area contributed by atoms with Crippen molar-refractivity contribution < 1.29 is 27.2 Å². The molecule has 4 heterocycles. The lowest BCUT2D eigenvalue weighted by atomic mass is 9.84. The van der Waals surface area contributed by atoms with Gasteiger partial charge < -0.3 is 40.7 Å². The summed E-state index contributed by atoms with van der Waals surface area (Å²) in [5.41, 5.74) is -1.45. The first-order valence-electron chi connectivity index (χ1n) is 20.5. The molecule has 0 saturated carbocycles. The van der Waals surface area contributed by atoms with E-state index in [1.807, 2.05) is 80.5 Å². The molecule has 4 aromatic carbocycles. The highest BCUT2D eigenvalue weighted by Crippen LogP contribution is 2.42. The number of benzene rings is 2. The van der Waals surface area contributed by atoms with Crippen molar-refractivity contribution in [3.05, 3.63) is 146 Å². The number of hydrogen-bond donors (Lipinski definition) is 6. The first-order chi connectivity index (χ1) is 29.4. The molecule has 330 valence electrons. The molecular weight excluding hydrogens is 815 g/mol. The number of carbonyl (C=O) groups excluding carboxylic acids is 2. The van der Waals surface area contributed by atoms with Crippen LogP contribution >= 0.6 is 0 Å². The van der Waals surface area contributed by atoms with Crippen molar-refractivity contribution in [3.8, 4) is 0 Å². The van der Waals surface area contributed by atoms with Crippen LogP contribution in [0.5, 0.6) is 0 Å². The number of anilines is 6. The first-order valence-corrected chi connectivity index (χ1v) is 20.5. The SMILES string of the molecule is Cc1cc([C@H](Nc2c(Nc3c(F)ccc4c3C(=O)N[C@@H]4C)c(=O)c2=O)C(C)(C)C)oc1C.Cc1ccc([C@H](Nc2c(Nc3c(F)ccc4c3C(=O)N[C@@H]4C)c(=O)c2=O)C(C)(C)C)o1. The summed E-state index contributed by atoms with van der Waals surface area (Å²) in [6, 6.07) is 9.68. The lowest BCUT2D eigenvalue weighted by Gasteiger charge is -2.31. The van der Waals surface area contributed by atoms with Crippen molar-refractivity contribution in [1.29, 1.82) is 0 Å². The summed E-state index contributed by atoms with van der Waals surface area (Å²) in [6.45, 7) is 21.0. The topological polar surface area (TPSA) is 201 Å². The highest BCUT2D eigenvalue weighted by atomic mass is 19.1. The summed E-state index contributed by atoms with van der Waals surface area (Å²) >= 11 is 0. The number of carbonyl (C=O) groups is 2. The van der Waals surface area contributed by atoms with Crippen LogP contribution in [0.1, 0.15) is 140 Å².